The van der Waals surface area contributed by atoms with E-state index in [1.165, 1.54) is 32.9 Å². The lowest BCUT2D eigenvalue weighted by Gasteiger charge is -2.12. The van der Waals surface area contributed by atoms with Gasteiger partial charge in [0.25, 0.3) is 0 Å². The monoisotopic (exact) mass is 716 g/mol. The van der Waals surface area contributed by atoms with Crippen LogP contribution >= 0.6 is 0 Å². The molecule has 0 spiro atoms. The Kier molecular flexibility index (Phi) is 7.42. The highest BCUT2D eigenvalue weighted by molar-refractivity contribution is 6.10. The second-order valence-corrected chi connectivity index (χ2v) is 14.1. The van der Waals surface area contributed by atoms with Gasteiger partial charge in [-0.1, -0.05) is 146 Å². The van der Waals surface area contributed by atoms with E-state index in [9.17, 15) is 0 Å². The van der Waals surface area contributed by atoms with Gasteiger partial charge >= 0.3 is 0 Å². The maximum Gasteiger partial charge on any atom is 0.164 e. The molecule has 0 aliphatic carbocycles. The van der Waals surface area contributed by atoms with Gasteiger partial charge < -0.3 is 8.98 Å². The van der Waals surface area contributed by atoms with Crippen molar-refractivity contribution in [2.75, 3.05) is 0 Å². The number of rotatable bonds is 6. The van der Waals surface area contributed by atoms with Crippen molar-refractivity contribution in [3.63, 3.8) is 0 Å². The van der Waals surface area contributed by atoms with E-state index in [-0.39, 0.29) is 0 Å². The molecular weight excluding hydrogens is 685 g/mol. The standard InChI is InChI=1S/C51H32N4O/c1-3-13-33(14-4-1)37-25-27-42-41-21-7-9-23-45(41)55(46(42)31-37)40-20-12-18-36(30-40)35-17-11-19-38(29-35)50-52-49(34-15-5-2-6-16-34)53-51(54-50)39-26-28-44-43-22-8-10-24-47(43)56-48(44)32-39/h1-32H. The minimum atomic E-state index is 0.588. The highest BCUT2D eigenvalue weighted by atomic mass is 16.3. The maximum atomic E-state index is 6.25. The third-order valence-electron chi connectivity index (χ3n) is 10.6. The molecular formula is C51H32N4O. The van der Waals surface area contributed by atoms with E-state index in [2.05, 4.69) is 144 Å². The molecule has 8 aromatic carbocycles. The first-order valence-corrected chi connectivity index (χ1v) is 18.8. The molecule has 3 aromatic heterocycles. The van der Waals surface area contributed by atoms with Gasteiger partial charge in [-0.15, -0.1) is 0 Å². The van der Waals surface area contributed by atoms with Crippen LogP contribution in [0, 0.1) is 0 Å². The molecule has 5 heteroatoms. The zero-order chi connectivity index (χ0) is 37.0. The van der Waals surface area contributed by atoms with Gasteiger partial charge in [-0.05, 0) is 70.8 Å². The smallest absolute Gasteiger partial charge is 0.164 e. The van der Waals surface area contributed by atoms with Crippen LogP contribution in [0.3, 0.4) is 0 Å². The molecule has 5 nitrogen and oxygen atoms in total. The van der Waals surface area contributed by atoms with E-state index >= 15 is 0 Å². The number of hydrogen-bond acceptors (Lipinski definition) is 4. The van der Waals surface area contributed by atoms with Gasteiger partial charge in [-0.25, -0.2) is 15.0 Å². The highest BCUT2D eigenvalue weighted by Gasteiger charge is 2.17. The van der Waals surface area contributed by atoms with Crippen LogP contribution in [-0.4, -0.2) is 19.5 Å². The van der Waals surface area contributed by atoms with Crippen LogP contribution < -0.4 is 0 Å². The minimum absolute atomic E-state index is 0.588. The largest absolute Gasteiger partial charge is 0.456 e. The van der Waals surface area contributed by atoms with Crippen LogP contribution in [0.15, 0.2) is 199 Å². The van der Waals surface area contributed by atoms with Crippen LogP contribution in [0.5, 0.6) is 0 Å². The molecule has 0 amide bonds. The molecule has 11 aromatic rings. The highest BCUT2D eigenvalue weighted by Crippen LogP contribution is 2.37. The van der Waals surface area contributed by atoms with Crippen molar-refractivity contribution < 1.29 is 4.42 Å². The Bertz CT molecular complexity index is 3250. The lowest BCUT2D eigenvalue weighted by Crippen LogP contribution is -2.00. The number of nitrogens with zero attached hydrogens (tertiary/aromatic N) is 4. The fourth-order valence-electron chi connectivity index (χ4n) is 7.94. The summed E-state index contributed by atoms with van der Waals surface area (Å²) in [4.78, 5) is 15.1. The first kappa shape index (κ1) is 31.9. The van der Waals surface area contributed by atoms with Crippen LogP contribution in [-0.2, 0) is 0 Å². The summed E-state index contributed by atoms with van der Waals surface area (Å²) in [6, 6.07) is 67.7. The molecule has 0 aliphatic heterocycles. The van der Waals surface area contributed by atoms with E-state index in [1.807, 2.05) is 54.6 Å². The minimum Gasteiger partial charge on any atom is -0.456 e. The van der Waals surface area contributed by atoms with Gasteiger partial charge in [0.1, 0.15) is 11.2 Å². The van der Waals surface area contributed by atoms with Gasteiger partial charge in [0, 0.05) is 43.9 Å². The molecule has 0 bridgehead atoms. The molecule has 0 radical (unpaired) electrons. The second kappa shape index (κ2) is 13.0. The Balaban J connectivity index is 1.03. The second-order valence-electron chi connectivity index (χ2n) is 14.1. The van der Waals surface area contributed by atoms with E-state index in [1.54, 1.807) is 0 Å². The number of fused-ring (bicyclic) bond motifs is 6. The summed E-state index contributed by atoms with van der Waals surface area (Å²) < 4.78 is 8.63. The molecule has 262 valence electrons. The predicted octanol–water partition coefficient (Wildman–Crippen LogP) is 13.2. The molecule has 0 atom stereocenters. The lowest BCUT2D eigenvalue weighted by atomic mass is 10.0. The maximum absolute atomic E-state index is 6.25. The number of hydrogen-bond donors (Lipinski definition) is 0. The van der Waals surface area contributed by atoms with Crippen LogP contribution in [0.4, 0.5) is 0 Å². The van der Waals surface area contributed by atoms with Crippen LogP contribution in [0.1, 0.15) is 0 Å². The lowest BCUT2D eigenvalue weighted by molar-refractivity contribution is 0.669. The number of furan rings is 1. The summed E-state index contributed by atoms with van der Waals surface area (Å²) in [5, 5.41) is 4.61. The van der Waals surface area contributed by atoms with Crippen LogP contribution in [0.2, 0.25) is 0 Å². The molecule has 11 rings (SSSR count). The van der Waals surface area contributed by atoms with E-state index in [0.29, 0.717) is 17.5 Å². The zero-order valence-electron chi connectivity index (χ0n) is 30.2. The topological polar surface area (TPSA) is 56.7 Å². The fraction of sp³-hybridized carbons (Fsp3) is 0. The Hall–Kier alpha value is -7.63. The summed E-state index contributed by atoms with van der Waals surface area (Å²) in [6.07, 6.45) is 0. The molecule has 0 aliphatic rings. The Morgan fingerprint density at radius 3 is 1.62 bits per heavy atom. The fourth-order valence-corrected chi connectivity index (χ4v) is 7.94. The van der Waals surface area contributed by atoms with Gasteiger partial charge in [0.2, 0.25) is 0 Å². The van der Waals surface area contributed by atoms with Crippen molar-refractivity contribution in [1.82, 2.24) is 19.5 Å². The molecule has 0 fully saturated rings. The molecule has 0 N–H and O–H groups in total. The summed E-state index contributed by atoms with van der Waals surface area (Å²) >= 11 is 0. The van der Waals surface area contributed by atoms with Crippen molar-refractivity contribution in [1.29, 1.82) is 0 Å². The zero-order valence-corrected chi connectivity index (χ0v) is 30.2. The summed E-state index contributed by atoms with van der Waals surface area (Å²) in [7, 11) is 0. The molecule has 0 unspecified atom stereocenters. The molecule has 0 saturated heterocycles. The van der Waals surface area contributed by atoms with Gasteiger partial charge in [-0.2, -0.15) is 0 Å². The van der Waals surface area contributed by atoms with Gasteiger partial charge in [-0.3, -0.25) is 0 Å². The number of benzene rings is 8. The van der Waals surface area contributed by atoms with Crippen molar-refractivity contribution in [3.05, 3.63) is 194 Å². The SMILES string of the molecule is c1ccc(-c2ccc3c4ccccc4n(-c4cccc(-c5cccc(-c6nc(-c7ccccc7)nc(-c7ccc8c(c7)oc7ccccc78)n6)c5)c4)c3c2)cc1. The normalized spacial score (nSPS) is 11.6. The third kappa shape index (κ3) is 5.45. The summed E-state index contributed by atoms with van der Waals surface area (Å²) in [5.74, 6) is 1.81. The first-order valence-electron chi connectivity index (χ1n) is 18.8. The van der Waals surface area contributed by atoms with E-state index in [4.69, 9.17) is 19.4 Å². The summed E-state index contributed by atoms with van der Waals surface area (Å²) in [6.45, 7) is 0. The molecule has 0 saturated carbocycles. The van der Waals surface area contributed by atoms with E-state index < -0.39 is 0 Å². The number of para-hydroxylation sites is 2. The quantitative estimate of drug-likeness (QED) is 0.172. The van der Waals surface area contributed by atoms with Crippen molar-refractivity contribution in [3.8, 4) is 62.1 Å². The van der Waals surface area contributed by atoms with E-state index in [0.717, 1.165) is 55.4 Å². The molecule has 3 heterocycles. The third-order valence-corrected chi connectivity index (χ3v) is 10.6. The Morgan fingerprint density at radius 2 is 0.821 bits per heavy atom. The average Bonchev–Trinajstić information content (AvgIpc) is 3.82. The Labute approximate surface area is 322 Å². The predicted molar refractivity (Wildman–Crippen MR) is 229 cm³/mol. The van der Waals surface area contributed by atoms with Crippen LogP contribution in [0.25, 0.3) is 106 Å². The van der Waals surface area contributed by atoms with Crippen molar-refractivity contribution >= 4 is 43.7 Å². The molecule has 56 heavy (non-hydrogen) atoms. The van der Waals surface area contributed by atoms with Crippen molar-refractivity contribution in [2.45, 2.75) is 0 Å². The van der Waals surface area contributed by atoms with Crippen molar-refractivity contribution in [2.24, 2.45) is 0 Å². The average molecular weight is 717 g/mol. The van der Waals surface area contributed by atoms with Gasteiger partial charge in [0.05, 0.1) is 11.0 Å². The first-order chi connectivity index (χ1) is 27.7. The van der Waals surface area contributed by atoms with Gasteiger partial charge in [0.15, 0.2) is 17.5 Å². The number of aromatic nitrogens is 4. The summed E-state index contributed by atoms with van der Waals surface area (Å²) in [5.41, 5.74) is 12.3. The Morgan fingerprint density at radius 1 is 0.304 bits per heavy atom.